The van der Waals surface area contributed by atoms with Gasteiger partial charge in [0.15, 0.2) is 0 Å². The summed E-state index contributed by atoms with van der Waals surface area (Å²) in [5, 5.41) is 2.79. The van der Waals surface area contributed by atoms with Crippen molar-refractivity contribution >= 4 is 6.03 Å². The molecule has 0 radical (unpaired) electrons. The van der Waals surface area contributed by atoms with Gasteiger partial charge in [-0.3, -0.25) is 0 Å². The van der Waals surface area contributed by atoms with Crippen molar-refractivity contribution in [2.75, 3.05) is 13.1 Å². The molecule has 0 aromatic rings. The van der Waals surface area contributed by atoms with Crippen molar-refractivity contribution in [3.8, 4) is 12.3 Å². The fourth-order valence-corrected chi connectivity index (χ4v) is 1.35. The number of nitrogens with one attached hydrogen (secondary N) is 1. The Morgan fingerprint density at radius 1 is 1.83 bits per heavy atom. The lowest BCUT2D eigenvalue weighted by molar-refractivity contribution is 0.167. The largest absolute Gasteiger partial charge is 0.338 e. The van der Waals surface area contributed by atoms with Gasteiger partial charge < -0.3 is 10.2 Å². The van der Waals surface area contributed by atoms with Crippen molar-refractivity contribution < 1.29 is 4.79 Å². The van der Waals surface area contributed by atoms with Gasteiger partial charge in [-0.05, 0) is 13.3 Å². The zero-order chi connectivity index (χ0) is 8.97. The van der Waals surface area contributed by atoms with E-state index < -0.39 is 0 Å². The standard InChI is InChI=1S/C9H14N2O/c1-3-5-8(2)11-7-4-6-10-9(11)12/h1,8H,4-7H2,2H3,(H,10,12). The van der Waals surface area contributed by atoms with E-state index in [-0.39, 0.29) is 12.1 Å². The van der Waals surface area contributed by atoms with Crippen molar-refractivity contribution in [1.29, 1.82) is 0 Å². The Labute approximate surface area is 73.1 Å². The molecule has 1 fully saturated rings. The van der Waals surface area contributed by atoms with Crippen LogP contribution in [0.3, 0.4) is 0 Å². The molecule has 1 rings (SSSR count). The Bertz CT molecular complexity index is 207. The minimum atomic E-state index is 0.0176. The van der Waals surface area contributed by atoms with Crippen LogP contribution in [0, 0.1) is 12.3 Å². The first-order chi connectivity index (χ1) is 5.75. The van der Waals surface area contributed by atoms with Gasteiger partial charge in [0.25, 0.3) is 0 Å². The van der Waals surface area contributed by atoms with Crippen LogP contribution in [0.25, 0.3) is 0 Å². The first-order valence-electron chi connectivity index (χ1n) is 4.23. The number of nitrogens with zero attached hydrogens (tertiary/aromatic N) is 1. The average molecular weight is 166 g/mol. The van der Waals surface area contributed by atoms with Crippen molar-refractivity contribution in [3.63, 3.8) is 0 Å². The normalized spacial score (nSPS) is 19.7. The van der Waals surface area contributed by atoms with Crippen molar-refractivity contribution in [3.05, 3.63) is 0 Å². The van der Waals surface area contributed by atoms with Crippen molar-refractivity contribution in [1.82, 2.24) is 10.2 Å². The number of urea groups is 1. The Balaban J connectivity index is 2.48. The van der Waals surface area contributed by atoms with Gasteiger partial charge in [-0.2, -0.15) is 0 Å². The molecule has 3 nitrogen and oxygen atoms in total. The Morgan fingerprint density at radius 3 is 3.17 bits per heavy atom. The molecule has 0 saturated carbocycles. The quantitative estimate of drug-likeness (QED) is 0.605. The third-order valence-electron chi connectivity index (χ3n) is 2.06. The number of carbonyl (C=O) groups excluding carboxylic acids is 1. The summed E-state index contributed by atoms with van der Waals surface area (Å²) in [7, 11) is 0. The van der Waals surface area contributed by atoms with E-state index in [1.165, 1.54) is 0 Å². The van der Waals surface area contributed by atoms with Gasteiger partial charge in [0.2, 0.25) is 0 Å². The van der Waals surface area contributed by atoms with Gasteiger partial charge in [0.1, 0.15) is 0 Å². The van der Waals surface area contributed by atoms with E-state index >= 15 is 0 Å². The van der Waals surface area contributed by atoms with E-state index in [1.54, 1.807) is 4.90 Å². The predicted molar refractivity (Wildman–Crippen MR) is 47.6 cm³/mol. The maximum atomic E-state index is 11.3. The molecular weight excluding hydrogens is 152 g/mol. The van der Waals surface area contributed by atoms with E-state index in [1.807, 2.05) is 6.92 Å². The summed E-state index contributed by atoms with van der Waals surface area (Å²) >= 11 is 0. The Hall–Kier alpha value is -1.17. The summed E-state index contributed by atoms with van der Waals surface area (Å²) in [5.74, 6) is 2.56. The second-order valence-corrected chi connectivity index (χ2v) is 3.04. The summed E-state index contributed by atoms with van der Waals surface area (Å²) in [6.07, 6.45) is 6.82. The molecule has 2 amide bonds. The highest BCUT2D eigenvalue weighted by atomic mass is 16.2. The minimum absolute atomic E-state index is 0.0176. The van der Waals surface area contributed by atoms with Crippen LogP contribution in [0.2, 0.25) is 0 Å². The molecule has 1 aliphatic rings. The van der Waals surface area contributed by atoms with Crippen LogP contribution in [0.15, 0.2) is 0 Å². The van der Waals surface area contributed by atoms with Gasteiger partial charge in [-0.1, -0.05) is 0 Å². The smallest absolute Gasteiger partial charge is 0.317 e. The molecule has 0 aromatic carbocycles. The maximum Gasteiger partial charge on any atom is 0.317 e. The molecule has 66 valence electrons. The van der Waals surface area contributed by atoms with Crippen LogP contribution >= 0.6 is 0 Å². The lowest BCUT2D eigenvalue weighted by Gasteiger charge is -2.31. The molecule has 1 atom stereocenters. The van der Waals surface area contributed by atoms with Gasteiger partial charge in [0.05, 0.1) is 0 Å². The molecule has 0 bridgehead atoms. The number of carbonyl (C=O) groups is 1. The van der Waals surface area contributed by atoms with Crippen LogP contribution < -0.4 is 5.32 Å². The summed E-state index contributed by atoms with van der Waals surface area (Å²) in [6.45, 7) is 3.59. The van der Waals surface area contributed by atoms with Crippen LogP contribution in [0.4, 0.5) is 4.79 Å². The fraction of sp³-hybridized carbons (Fsp3) is 0.667. The molecule has 1 N–H and O–H groups in total. The van der Waals surface area contributed by atoms with E-state index in [0.717, 1.165) is 19.5 Å². The minimum Gasteiger partial charge on any atom is -0.338 e. The van der Waals surface area contributed by atoms with Crippen LogP contribution in [0.5, 0.6) is 0 Å². The zero-order valence-corrected chi connectivity index (χ0v) is 7.34. The number of terminal acetylenes is 1. The Morgan fingerprint density at radius 2 is 2.58 bits per heavy atom. The summed E-state index contributed by atoms with van der Waals surface area (Å²) in [6, 6.07) is 0.180. The second kappa shape index (κ2) is 4.01. The molecule has 0 spiro atoms. The molecule has 12 heavy (non-hydrogen) atoms. The second-order valence-electron chi connectivity index (χ2n) is 3.04. The number of hydrogen-bond donors (Lipinski definition) is 1. The number of amides is 2. The Kier molecular flexibility index (Phi) is 2.98. The summed E-state index contributed by atoms with van der Waals surface area (Å²) in [4.78, 5) is 13.1. The fourth-order valence-electron chi connectivity index (χ4n) is 1.35. The van der Waals surface area contributed by atoms with E-state index in [9.17, 15) is 4.79 Å². The lowest BCUT2D eigenvalue weighted by atomic mass is 10.2. The molecule has 1 unspecified atom stereocenters. The van der Waals surface area contributed by atoms with Gasteiger partial charge in [-0.25, -0.2) is 4.79 Å². The molecular formula is C9H14N2O. The van der Waals surface area contributed by atoms with Gasteiger partial charge in [-0.15, -0.1) is 12.3 Å². The summed E-state index contributed by atoms with van der Waals surface area (Å²) < 4.78 is 0. The van der Waals surface area contributed by atoms with Crippen LogP contribution in [-0.2, 0) is 0 Å². The third-order valence-corrected chi connectivity index (χ3v) is 2.06. The highest BCUT2D eigenvalue weighted by molar-refractivity contribution is 5.75. The van der Waals surface area contributed by atoms with Gasteiger partial charge in [0, 0.05) is 25.6 Å². The monoisotopic (exact) mass is 166 g/mol. The molecule has 1 aliphatic heterocycles. The molecule has 0 aliphatic carbocycles. The van der Waals surface area contributed by atoms with Crippen LogP contribution in [-0.4, -0.2) is 30.1 Å². The molecule has 1 saturated heterocycles. The van der Waals surface area contributed by atoms with Crippen molar-refractivity contribution in [2.24, 2.45) is 0 Å². The maximum absolute atomic E-state index is 11.3. The number of rotatable bonds is 2. The average Bonchev–Trinajstić information content (AvgIpc) is 2.05. The lowest BCUT2D eigenvalue weighted by Crippen LogP contribution is -2.50. The highest BCUT2D eigenvalue weighted by Gasteiger charge is 2.21. The number of hydrogen-bond acceptors (Lipinski definition) is 1. The topological polar surface area (TPSA) is 32.3 Å². The van der Waals surface area contributed by atoms with E-state index in [0.29, 0.717) is 6.42 Å². The van der Waals surface area contributed by atoms with Crippen LogP contribution in [0.1, 0.15) is 19.8 Å². The SMILES string of the molecule is C#CCC(C)N1CCCNC1=O. The first kappa shape index (κ1) is 8.92. The molecule has 0 aromatic heterocycles. The highest BCUT2D eigenvalue weighted by Crippen LogP contribution is 2.07. The van der Waals surface area contributed by atoms with Crippen molar-refractivity contribution in [2.45, 2.75) is 25.8 Å². The zero-order valence-electron chi connectivity index (χ0n) is 7.34. The van der Waals surface area contributed by atoms with E-state index in [2.05, 4.69) is 11.2 Å². The summed E-state index contributed by atoms with van der Waals surface area (Å²) in [5.41, 5.74) is 0. The van der Waals surface area contributed by atoms with Gasteiger partial charge >= 0.3 is 6.03 Å². The predicted octanol–water partition coefficient (Wildman–Crippen LogP) is 0.814. The van der Waals surface area contributed by atoms with E-state index in [4.69, 9.17) is 6.42 Å². The third kappa shape index (κ3) is 1.91. The first-order valence-corrected chi connectivity index (χ1v) is 4.23. The molecule has 1 heterocycles. The molecule has 3 heteroatoms.